The molecule has 1 aliphatic rings. The number of esters is 2. The first-order valence-corrected chi connectivity index (χ1v) is 10.2. The third-order valence-electron chi connectivity index (χ3n) is 3.66. The summed E-state index contributed by atoms with van der Waals surface area (Å²) in [6.07, 6.45) is 0.956. The lowest BCUT2D eigenvalue weighted by Gasteiger charge is -2.26. The predicted molar refractivity (Wildman–Crippen MR) is 100.0 cm³/mol. The lowest BCUT2D eigenvalue weighted by molar-refractivity contribution is -0.139. The molecule has 10 nitrogen and oxygen atoms in total. The highest BCUT2D eigenvalue weighted by Gasteiger charge is 2.30. The average Bonchev–Trinajstić information content (AvgIpc) is 2.58. The van der Waals surface area contributed by atoms with Crippen LogP contribution in [0.5, 0.6) is 0 Å². The highest BCUT2D eigenvalue weighted by Crippen LogP contribution is 2.19. The van der Waals surface area contributed by atoms with Crippen molar-refractivity contribution < 1.29 is 32.3 Å². The van der Waals surface area contributed by atoms with Gasteiger partial charge in [0.1, 0.15) is 6.61 Å². The summed E-state index contributed by atoms with van der Waals surface area (Å²) in [4.78, 5) is 36.3. The van der Waals surface area contributed by atoms with E-state index >= 15 is 0 Å². The van der Waals surface area contributed by atoms with Gasteiger partial charge in [0.2, 0.25) is 10.0 Å². The van der Waals surface area contributed by atoms with Gasteiger partial charge >= 0.3 is 18.0 Å². The van der Waals surface area contributed by atoms with Crippen LogP contribution < -0.4 is 15.4 Å². The minimum absolute atomic E-state index is 0.0143. The fourth-order valence-corrected chi connectivity index (χ4v) is 3.14. The van der Waals surface area contributed by atoms with E-state index in [9.17, 15) is 22.8 Å². The molecule has 0 unspecified atom stereocenters. The van der Waals surface area contributed by atoms with Gasteiger partial charge < -0.3 is 20.1 Å². The lowest BCUT2D eigenvalue weighted by atomic mass is 10.0. The van der Waals surface area contributed by atoms with Crippen molar-refractivity contribution in [2.45, 2.75) is 19.9 Å². The number of anilines is 1. The molecule has 3 N–H and O–H groups in total. The molecule has 0 radical (unpaired) electrons. The Hall–Kier alpha value is -3.08. The summed E-state index contributed by atoms with van der Waals surface area (Å²) in [5.74, 6) is -1.48. The van der Waals surface area contributed by atoms with Crippen LogP contribution in [-0.2, 0) is 24.3 Å². The molecule has 0 spiro atoms. The Kier molecular flexibility index (Phi) is 6.62. The maximum atomic E-state index is 12.4. The predicted octanol–water partition coefficient (Wildman–Crippen LogP) is 0.733. The molecule has 1 aromatic carbocycles. The van der Waals surface area contributed by atoms with Gasteiger partial charge in [0.15, 0.2) is 0 Å². The second kappa shape index (κ2) is 8.74. The lowest BCUT2D eigenvalue weighted by Crippen LogP contribution is -2.50. The zero-order valence-electron chi connectivity index (χ0n) is 15.6. The molecule has 1 heterocycles. The number of para-hydroxylation sites is 1. The molecule has 1 aromatic rings. The number of rotatable bonds is 7. The Morgan fingerprint density at radius 1 is 1.18 bits per heavy atom. The van der Waals surface area contributed by atoms with E-state index in [1.54, 1.807) is 26.0 Å². The van der Waals surface area contributed by atoms with E-state index in [0.29, 0.717) is 0 Å². The summed E-state index contributed by atoms with van der Waals surface area (Å²) in [5, 5.41) is 4.96. The summed E-state index contributed by atoms with van der Waals surface area (Å²) in [6.45, 7) is 2.97. The third kappa shape index (κ3) is 5.46. The van der Waals surface area contributed by atoms with Crippen molar-refractivity contribution in [3.63, 3.8) is 0 Å². The summed E-state index contributed by atoms with van der Waals surface area (Å²) in [5.41, 5.74) is 0.269. The van der Waals surface area contributed by atoms with Crippen LogP contribution in [-0.4, -0.2) is 51.9 Å². The van der Waals surface area contributed by atoms with Crippen LogP contribution in [0.1, 0.15) is 24.2 Å². The number of urea groups is 1. The fraction of sp³-hybridized carbons (Fsp3) is 0.353. The Balaban J connectivity index is 2.24. The number of hydrogen-bond donors (Lipinski definition) is 3. The SMILES string of the molecule is CCOC(=O)C1=C(COC(=O)c2ccccc2NS(C)(=O)=O)NC(=O)N[C@@H]1C. The van der Waals surface area contributed by atoms with Crippen LogP contribution in [0.4, 0.5) is 10.5 Å². The number of sulfonamides is 1. The Morgan fingerprint density at radius 2 is 1.86 bits per heavy atom. The van der Waals surface area contributed by atoms with Crippen LogP contribution in [0.15, 0.2) is 35.5 Å². The van der Waals surface area contributed by atoms with Gasteiger partial charge in [0.05, 0.1) is 41.4 Å². The van der Waals surface area contributed by atoms with E-state index in [1.165, 1.54) is 12.1 Å². The molecule has 2 rings (SSSR count). The number of amides is 2. The highest BCUT2D eigenvalue weighted by atomic mass is 32.2. The normalized spacial score (nSPS) is 16.7. The maximum absolute atomic E-state index is 12.4. The summed E-state index contributed by atoms with van der Waals surface area (Å²) >= 11 is 0. The van der Waals surface area contributed by atoms with Gasteiger partial charge in [-0.1, -0.05) is 12.1 Å². The quantitative estimate of drug-likeness (QED) is 0.562. The van der Waals surface area contributed by atoms with Crippen LogP contribution in [0.3, 0.4) is 0 Å². The molecule has 28 heavy (non-hydrogen) atoms. The van der Waals surface area contributed by atoms with Crippen molar-refractivity contribution in [3.8, 4) is 0 Å². The maximum Gasteiger partial charge on any atom is 0.340 e. The molecule has 0 aromatic heterocycles. The standard InChI is InChI=1S/C17H21N3O7S/c1-4-26-16(22)14-10(2)18-17(23)19-13(14)9-27-15(21)11-7-5-6-8-12(11)20-28(3,24)25/h5-8,10,20H,4,9H2,1-3H3,(H2,18,19,23)/t10-/m1/s1. The van der Waals surface area contributed by atoms with Crippen molar-refractivity contribution in [1.29, 1.82) is 0 Å². The molecular formula is C17H21N3O7S. The van der Waals surface area contributed by atoms with E-state index in [2.05, 4.69) is 15.4 Å². The monoisotopic (exact) mass is 411 g/mol. The molecular weight excluding hydrogens is 390 g/mol. The number of carbonyl (C=O) groups excluding carboxylic acids is 3. The highest BCUT2D eigenvalue weighted by molar-refractivity contribution is 7.92. The molecule has 0 aliphatic carbocycles. The van der Waals surface area contributed by atoms with Gasteiger partial charge in [-0.3, -0.25) is 4.72 Å². The molecule has 2 amide bonds. The Morgan fingerprint density at radius 3 is 2.50 bits per heavy atom. The molecule has 0 saturated carbocycles. The first kappa shape index (κ1) is 21.2. The minimum atomic E-state index is -3.60. The summed E-state index contributed by atoms with van der Waals surface area (Å²) in [6, 6.07) is 4.71. The first-order valence-electron chi connectivity index (χ1n) is 8.34. The topological polar surface area (TPSA) is 140 Å². The van der Waals surface area contributed by atoms with Crippen LogP contribution in [0.25, 0.3) is 0 Å². The second-order valence-electron chi connectivity index (χ2n) is 5.93. The van der Waals surface area contributed by atoms with Gasteiger partial charge in [0, 0.05) is 0 Å². The molecule has 11 heteroatoms. The fourth-order valence-electron chi connectivity index (χ4n) is 2.56. The van der Waals surface area contributed by atoms with E-state index in [-0.39, 0.29) is 29.1 Å². The molecule has 1 atom stereocenters. The number of ether oxygens (including phenoxy) is 2. The van der Waals surface area contributed by atoms with E-state index in [1.807, 2.05) is 0 Å². The van der Waals surface area contributed by atoms with E-state index in [0.717, 1.165) is 6.26 Å². The number of benzene rings is 1. The van der Waals surface area contributed by atoms with Crippen molar-refractivity contribution in [1.82, 2.24) is 10.6 Å². The van der Waals surface area contributed by atoms with Gasteiger partial charge in [-0.25, -0.2) is 22.8 Å². The van der Waals surface area contributed by atoms with Crippen molar-refractivity contribution in [3.05, 3.63) is 41.1 Å². The number of nitrogens with one attached hydrogen (secondary N) is 3. The third-order valence-corrected chi connectivity index (χ3v) is 4.25. The summed E-state index contributed by atoms with van der Waals surface area (Å²) < 4.78 is 35.3. The summed E-state index contributed by atoms with van der Waals surface area (Å²) in [7, 11) is -3.60. The van der Waals surface area contributed by atoms with Gasteiger partial charge in [-0.2, -0.15) is 0 Å². The van der Waals surface area contributed by atoms with Gasteiger partial charge in [-0.05, 0) is 26.0 Å². The van der Waals surface area contributed by atoms with Crippen molar-refractivity contribution in [2.75, 3.05) is 24.2 Å². The molecule has 0 bridgehead atoms. The molecule has 152 valence electrons. The molecule has 0 saturated heterocycles. The Labute approximate surface area is 162 Å². The molecule has 0 fully saturated rings. The zero-order chi connectivity index (χ0) is 20.9. The first-order chi connectivity index (χ1) is 13.1. The van der Waals surface area contributed by atoms with Crippen LogP contribution >= 0.6 is 0 Å². The van der Waals surface area contributed by atoms with Crippen molar-refractivity contribution >= 4 is 33.7 Å². The Bertz CT molecular complexity index is 924. The molecule has 1 aliphatic heterocycles. The number of hydrogen-bond acceptors (Lipinski definition) is 7. The van der Waals surface area contributed by atoms with Gasteiger partial charge in [-0.15, -0.1) is 0 Å². The second-order valence-corrected chi connectivity index (χ2v) is 7.68. The largest absolute Gasteiger partial charge is 0.463 e. The van der Waals surface area contributed by atoms with Crippen LogP contribution in [0, 0.1) is 0 Å². The number of carbonyl (C=O) groups is 3. The average molecular weight is 411 g/mol. The van der Waals surface area contributed by atoms with Crippen LogP contribution in [0.2, 0.25) is 0 Å². The minimum Gasteiger partial charge on any atom is -0.463 e. The smallest absolute Gasteiger partial charge is 0.340 e. The van der Waals surface area contributed by atoms with E-state index in [4.69, 9.17) is 9.47 Å². The van der Waals surface area contributed by atoms with Gasteiger partial charge in [0.25, 0.3) is 0 Å². The van der Waals surface area contributed by atoms with E-state index < -0.39 is 40.6 Å². The van der Waals surface area contributed by atoms with Crippen molar-refractivity contribution in [2.24, 2.45) is 0 Å². The zero-order valence-corrected chi connectivity index (χ0v) is 16.4.